The zero-order valence-electron chi connectivity index (χ0n) is 19.8. The summed E-state index contributed by atoms with van der Waals surface area (Å²) in [5.41, 5.74) is 5.29. The Morgan fingerprint density at radius 2 is 1.58 bits per heavy atom. The van der Waals surface area contributed by atoms with Crippen LogP contribution in [0.15, 0.2) is 36.4 Å². The van der Waals surface area contributed by atoms with Gasteiger partial charge in [0, 0.05) is 23.7 Å². The fourth-order valence-corrected chi connectivity index (χ4v) is 4.86. The minimum Gasteiger partial charge on any atom is -0.508 e. The summed E-state index contributed by atoms with van der Waals surface area (Å²) >= 11 is 0. The second-order valence-corrected chi connectivity index (χ2v) is 10.5. The molecule has 4 N–H and O–H groups in total. The Labute approximate surface area is 188 Å². The molecule has 2 aromatic rings. The third-order valence-corrected chi connectivity index (χ3v) is 6.09. The third kappa shape index (κ3) is 6.98. The largest absolute Gasteiger partial charge is 0.508 e. The van der Waals surface area contributed by atoms with E-state index in [9.17, 15) is 10.2 Å². The molecule has 0 heterocycles. The first-order valence-corrected chi connectivity index (χ1v) is 11.7. The number of phenolic OH excluding ortho intramolecular Hbond substituents is 2. The average molecular weight is 425 g/mol. The van der Waals surface area contributed by atoms with Crippen LogP contribution in [0.25, 0.3) is 0 Å². The van der Waals surface area contributed by atoms with E-state index in [1.54, 1.807) is 12.1 Å². The van der Waals surface area contributed by atoms with E-state index in [1.807, 2.05) is 12.1 Å². The Morgan fingerprint density at radius 3 is 2.29 bits per heavy atom. The van der Waals surface area contributed by atoms with E-state index in [1.165, 1.54) is 23.1 Å². The first-order chi connectivity index (χ1) is 14.6. The van der Waals surface area contributed by atoms with Crippen molar-refractivity contribution in [2.45, 2.75) is 96.8 Å². The molecule has 0 bridgehead atoms. The predicted octanol–water partition coefficient (Wildman–Crippen LogP) is 4.89. The van der Waals surface area contributed by atoms with Gasteiger partial charge in [-0.05, 0) is 99.7 Å². The highest BCUT2D eigenvalue weighted by Crippen LogP contribution is 2.29. The maximum Gasteiger partial charge on any atom is 0.119 e. The molecule has 0 saturated carbocycles. The minimum atomic E-state index is 0.145. The molecule has 2 aliphatic rings. The van der Waals surface area contributed by atoms with Crippen molar-refractivity contribution >= 4 is 0 Å². The molecule has 2 aromatic carbocycles. The van der Waals surface area contributed by atoms with Gasteiger partial charge >= 0.3 is 0 Å². The minimum absolute atomic E-state index is 0.145. The topological polar surface area (TPSA) is 64.5 Å². The molecule has 0 amide bonds. The Morgan fingerprint density at radius 1 is 0.871 bits per heavy atom. The van der Waals surface area contributed by atoms with Crippen LogP contribution in [0.5, 0.6) is 11.5 Å². The van der Waals surface area contributed by atoms with Gasteiger partial charge in [0.05, 0.1) is 0 Å². The summed E-state index contributed by atoms with van der Waals surface area (Å²) in [6, 6.07) is 13.2. The predicted molar refractivity (Wildman–Crippen MR) is 129 cm³/mol. The number of aryl methyl sites for hydroxylation is 2. The highest BCUT2D eigenvalue weighted by Gasteiger charge is 2.24. The average Bonchev–Trinajstić information content (AvgIpc) is 2.68. The van der Waals surface area contributed by atoms with Crippen LogP contribution in [-0.4, -0.2) is 33.9 Å². The molecule has 4 rings (SSSR count). The highest BCUT2D eigenvalue weighted by molar-refractivity contribution is 5.41. The van der Waals surface area contributed by atoms with Gasteiger partial charge in [-0.1, -0.05) is 32.0 Å². The molecular weight excluding hydrogens is 384 g/mol. The highest BCUT2D eigenvalue weighted by atomic mass is 16.3. The van der Waals surface area contributed by atoms with Crippen LogP contribution in [-0.2, 0) is 25.7 Å². The van der Waals surface area contributed by atoms with Crippen molar-refractivity contribution in [2.75, 3.05) is 0 Å². The number of fused-ring (bicyclic) bond motifs is 2. The molecule has 4 heteroatoms. The zero-order chi connectivity index (χ0) is 22.6. The zero-order valence-corrected chi connectivity index (χ0v) is 19.8. The summed E-state index contributed by atoms with van der Waals surface area (Å²) in [7, 11) is 0. The summed E-state index contributed by atoms with van der Waals surface area (Å²) in [5, 5.41) is 26.4. The molecular formula is C27H40N2O2. The Balaban J connectivity index is 0.000000176. The van der Waals surface area contributed by atoms with Gasteiger partial charge in [0.15, 0.2) is 0 Å². The van der Waals surface area contributed by atoms with Crippen molar-refractivity contribution in [2.24, 2.45) is 0 Å². The molecule has 2 aliphatic carbocycles. The van der Waals surface area contributed by atoms with E-state index >= 15 is 0 Å². The van der Waals surface area contributed by atoms with Gasteiger partial charge in [0.1, 0.15) is 11.5 Å². The van der Waals surface area contributed by atoms with Crippen LogP contribution in [0, 0.1) is 0 Å². The first-order valence-electron chi connectivity index (χ1n) is 11.7. The fraction of sp³-hybridized carbons (Fsp3) is 0.556. The van der Waals surface area contributed by atoms with Crippen molar-refractivity contribution in [1.29, 1.82) is 0 Å². The lowest BCUT2D eigenvalue weighted by atomic mass is 9.86. The van der Waals surface area contributed by atoms with Gasteiger partial charge in [-0.3, -0.25) is 0 Å². The summed E-state index contributed by atoms with van der Waals surface area (Å²) < 4.78 is 0. The summed E-state index contributed by atoms with van der Waals surface area (Å²) in [6.45, 7) is 10.9. The number of aromatic hydroxyl groups is 2. The maximum absolute atomic E-state index is 9.84. The van der Waals surface area contributed by atoms with Gasteiger partial charge in [-0.15, -0.1) is 0 Å². The van der Waals surface area contributed by atoms with Crippen LogP contribution >= 0.6 is 0 Å². The first kappa shape index (κ1) is 23.6. The molecule has 0 aliphatic heterocycles. The van der Waals surface area contributed by atoms with E-state index in [0.717, 1.165) is 37.7 Å². The normalized spacial score (nSPS) is 20.5. The van der Waals surface area contributed by atoms with Crippen molar-refractivity contribution in [3.8, 4) is 11.5 Å². The number of rotatable bonds is 3. The Hall–Kier alpha value is -2.04. The second-order valence-electron chi connectivity index (χ2n) is 10.5. The summed E-state index contributed by atoms with van der Waals surface area (Å²) in [5.74, 6) is 0.849. The van der Waals surface area contributed by atoms with Crippen molar-refractivity contribution in [3.63, 3.8) is 0 Å². The molecule has 2 atom stereocenters. The number of hydrogen-bond donors (Lipinski definition) is 4. The third-order valence-electron chi connectivity index (χ3n) is 6.09. The maximum atomic E-state index is 9.84. The second kappa shape index (κ2) is 10.1. The smallest absolute Gasteiger partial charge is 0.119 e. The molecule has 0 radical (unpaired) electrons. The number of phenols is 2. The Bertz CT molecular complexity index is 870. The number of hydrogen-bond acceptors (Lipinski definition) is 4. The SMILES string of the molecule is CC(C)(C)NC1CCc2cccc(O)c2C1.CC(C)NC1CCc2cc(O)ccc2C1. The number of nitrogens with one attached hydrogen (secondary N) is 2. The fourth-order valence-electron chi connectivity index (χ4n) is 4.86. The number of benzene rings is 2. The summed E-state index contributed by atoms with van der Waals surface area (Å²) in [6.07, 6.45) is 6.51. The van der Waals surface area contributed by atoms with Crippen LogP contribution in [0.2, 0.25) is 0 Å². The molecule has 0 fully saturated rings. The molecule has 0 saturated heterocycles. The lowest BCUT2D eigenvalue weighted by Crippen LogP contribution is -2.46. The van der Waals surface area contributed by atoms with Crippen LogP contribution in [0.1, 0.15) is 69.7 Å². The van der Waals surface area contributed by atoms with Gasteiger partial charge < -0.3 is 20.8 Å². The van der Waals surface area contributed by atoms with Crippen LogP contribution in [0.3, 0.4) is 0 Å². The molecule has 4 nitrogen and oxygen atoms in total. The lowest BCUT2D eigenvalue weighted by Gasteiger charge is -2.32. The van der Waals surface area contributed by atoms with E-state index < -0.39 is 0 Å². The van der Waals surface area contributed by atoms with Crippen LogP contribution < -0.4 is 10.6 Å². The van der Waals surface area contributed by atoms with Crippen molar-refractivity contribution in [3.05, 3.63) is 58.7 Å². The van der Waals surface area contributed by atoms with Gasteiger partial charge in [0.25, 0.3) is 0 Å². The van der Waals surface area contributed by atoms with E-state index in [2.05, 4.69) is 57.4 Å². The van der Waals surface area contributed by atoms with E-state index in [-0.39, 0.29) is 5.54 Å². The van der Waals surface area contributed by atoms with Gasteiger partial charge in [-0.25, -0.2) is 0 Å². The van der Waals surface area contributed by atoms with Gasteiger partial charge in [-0.2, -0.15) is 0 Å². The molecule has 31 heavy (non-hydrogen) atoms. The molecule has 2 unspecified atom stereocenters. The lowest BCUT2D eigenvalue weighted by molar-refractivity contribution is 0.331. The quantitative estimate of drug-likeness (QED) is 0.567. The Kier molecular flexibility index (Phi) is 7.66. The van der Waals surface area contributed by atoms with E-state index in [0.29, 0.717) is 29.6 Å². The molecule has 0 spiro atoms. The van der Waals surface area contributed by atoms with Crippen molar-refractivity contribution < 1.29 is 10.2 Å². The monoisotopic (exact) mass is 424 g/mol. The van der Waals surface area contributed by atoms with Gasteiger partial charge in [0.2, 0.25) is 0 Å². The standard InChI is InChI=1S/C14H21NO.C13H19NO/c1-14(2,3)15-11-8-7-10-5-4-6-13(16)12(10)9-11;1-9(2)14-12-5-3-11-8-13(15)6-4-10(11)7-12/h4-6,11,15-16H,7-9H2,1-3H3;4,6,8-9,12,14-15H,3,5,7H2,1-2H3. The van der Waals surface area contributed by atoms with Crippen molar-refractivity contribution in [1.82, 2.24) is 10.6 Å². The van der Waals surface area contributed by atoms with Crippen LogP contribution in [0.4, 0.5) is 0 Å². The van der Waals surface area contributed by atoms with E-state index in [4.69, 9.17) is 0 Å². The molecule has 0 aromatic heterocycles. The molecule has 170 valence electrons. The summed E-state index contributed by atoms with van der Waals surface area (Å²) in [4.78, 5) is 0.